The number of rotatable bonds is 1. The number of hydrogen-bond acceptors (Lipinski definition) is 1. The van der Waals surface area contributed by atoms with Crippen molar-refractivity contribution in [2.24, 2.45) is 0 Å². The molecule has 0 aromatic heterocycles. The zero-order valence-corrected chi connectivity index (χ0v) is 10.3. The van der Waals surface area contributed by atoms with Gasteiger partial charge < -0.3 is 5.11 Å². The van der Waals surface area contributed by atoms with Gasteiger partial charge in [0.05, 0.1) is 0 Å². The maximum atomic E-state index is 9.35. The van der Waals surface area contributed by atoms with Gasteiger partial charge in [-0.25, -0.2) is 0 Å². The molecule has 61 valence electrons. The molecule has 1 nitrogen and oxygen atoms in total. The molecule has 1 aromatic rings. The summed E-state index contributed by atoms with van der Waals surface area (Å²) in [7, 11) is 0. The standard InChI is InChI=1S/C10H14O.Na/c1-7(2)9-5-4-6-10(11)8(9)3;/h4-7,11H,1-3H3;. The average Bonchev–Trinajstić information content (AvgIpc) is 1.94. The van der Waals surface area contributed by atoms with E-state index in [-0.39, 0.29) is 29.6 Å². The second-order valence-electron chi connectivity index (χ2n) is 3.15. The molecule has 1 rings (SSSR count). The topological polar surface area (TPSA) is 20.2 Å². The van der Waals surface area contributed by atoms with Crippen molar-refractivity contribution in [2.75, 3.05) is 0 Å². The van der Waals surface area contributed by atoms with Gasteiger partial charge in [-0.15, -0.1) is 0 Å². The first kappa shape index (κ1) is 12.0. The molecule has 0 fully saturated rings. The Hall–Kier alpha value is 0.0200. The van der Waals surface area contributed by atoms with E-state index in [1.165, 1.54) is 5.56 Å². The summed E-state index contributed by atoms with van der Waals surface area (Å²) < 4.78 is 0. The predicted molar refractivity (Wildman–Crippen MR) is 52.7 cm³/mol. The second kappa shape index (κ2) is 4.90. The number of phenolic OH excluding ortho intramolecular Hbond substituents is 1. The Balaban J connectivity index is 0.00000121. The van der Waals surface area contributed by atoms with Gasteiger partial charge in [0.1, 0.15) is 5.75 Å². The first-order valence-electron chi connectivity index (χ1n) is 3.91. The van der Waals surface area contributed by atoms with Crippen LogP contribution in [0.4, 0.5) is 0 Å². The summed E-state index contributed by atoms with van der Waals surface area (Å²) >= 11 is 0. The summed E-state index contributed by atoms with van der Waals surface area (Å²) in [4.78, 5) is 0. The van der Waals surface area contributed by atoms with Gasteiger partial charge in [0.15, 0.2) is 0 Å². The summed E-state index contributed by atoms with van der Waals surface area (Å²) in [5.74, 6) is 0.887. The van der Waals surface area contributed by atoms with Gasteiger partial charge in [-0.2, -0.15) is 0 Å². The molecule has 1 aromatic carbocycles. The van der Waals surface area contributed by atoms with E-state index >= 15 is 0 Å². The van der Waals surface area contributed by atoms with E-state index in [2.05, 4.69) is 19.9 Å². The number of phenols is 1. The van der Waals surface area contributed by atoms with Gasteiger partial charge in [0.25, 0.3) is 0 Å². The third-order valence-electron chi connectivity index (χ3n) is 1.97. The average molecular weight is 173 g/mol. The van der Waals surface area contributed by atoms with Gasteiger partial charge in [0.2, 0.25) is 0 Å². The van der Waals surface area contributed by atoms with Gasteiger partial charge in [-0.05, 0) is 30.0 Å². The van der Waals surface area contributed by atoms with Crippen molar-refractivity contribution in [3.05, 3.63) is 29.3 Å². The Morgan fingerprint density at radius 1 is 1.25 bits per heavy atom. The molecule has 0 unspecified atom stereocenters. The Kier molecular flexibility index (Phi) is 4.91. The normalized spacial score (nSPS) is 9.67. The van der Waals surface area contributed by atoms with Crippen LogP contribution in [0.3, 0.4) is 0 Å². The SMILES string of the molecule is Cc1c(O)cccc1C(C)C.[Na]. The Morgan fingerprint density at radius 3 is 2.25 bits per heavy atom. The van der Waals surface area contributed by atoms with Crippen LogP contribution in [-0.4, -0.2) is 34.7 Å². The minimum Gasteiger partial charge on any atom is -0.508 e. The molecule has 1 radical (unpaired) electrons. The molecule has 1 N–H and O–H groups in total. The molecular formula is C10H14NaO. The van der Waals surface area contributed by atoms with Gasteiger partial charge in [-0.1, -0.05) is 26.0 Å². The van der Waals surface area contributed by atoms with Crippen LogP contribution >= 0.6 is 0 Å². The maximum Gasteiger partial charge on any atom is 0.118 e. The van der Waals surface area contributed by atoms with Crippen LogP contribution in [0.2, 0.25) is 0 Å². The zero-order chi connectivity index (χ0) is 8.43. The van der Waals surface area contributed by atoms with Crippen molar-refractivity contribution in [1.82, 2.24) is 0 Å². The van der Waals surface area contributed by atoms with Crippen molar-refractivity contribution in [1.29, 1.82) is 0 Å². The molecule has 0 amide bonds. The number of aromatic hydroxyl groups is 1. The van der Waals surface area contributed by atoms with E-state index in [1.807, 2.05) is 13.0 Å². The molecule has 0 saturated carbocycles. The van der Waals surface area contributed by atoms with E-state index in [0.29, 0.717) is 11.7 Å². The fourth-order valence-electron chi connectivity index (χ4n) is 1.27. The summed E-state index contributed by atoms with van der Waals surface area (Å²) in [5, 5.41) is 9.35. The summed E-state index contributed by atoms with van der Waals surface area (Å²) in [6.45, 7) is 6.20. The first-order chi connectivity index (χ1) is 5.13. The molecule has 0 heterocycles. The van der Waals surface area contributed by atoms with Crippen molar-refractivity contribution < 1.29 is 5.11 Å². The molecule has 2 heteroatoms. The van der Waals surface area contributed by atoms with E-state index in [9.17, 15) is 5.11 Å². The molecule has 0 aliphatic heterocycles. The molecule has 12 heavy (non-hydrogen) atoms. The molecule has 0 bridgehead atoms. The summed E-state index contributed by atoms with van der Waals surface area (Å²) in [5.41, 5.74) is 2.23. The smallest absolute Gasteiger partial charge is 0.118 e. The van der Waals surface area contributed by atoms with Crippen LogP contribution in [0.25, 0.3) is 0 Å². The van der Waals surface area contributed by atoms with E-state index in [1.54, 1.807) is 6.07 Å². The third kappa shape index (κ3) is 2.51. The largest absolute Gasteiger partial charge is 0.508 e. The fourth-order valence-corrected chi connectivity index (χ4v) is 1.27. The van der Waals surface area contributed by atoms with Crippen LogP contribution in [0.1, 0.15) is 30.9 Å². The Labute approximate surface area is 96.1 Å². The van der Waals surface area contributed by atoms with Crippen LogP contribution in [0.15, 0.2) is 18.2 Å². The summed E-state index contributed by atoms with van der Waals surface area (Å²) in [6.07, 6.45) is 0. The van der Waals surface area contributed by atoms with E-state index in [0.717, 1.165) is 5.56 Å². The van der Waals surface area contributed by atoms with Gasteiger partial charge in [0, 0.05) is 29.6 Å². The molecule has 0 aliphatic carbocycles. The molecule has 0 aliphatic rings. The van der Waals surface area contributed by atoms with E-state index < -0.39 is 0 Å². The van der Waals surface area contributed by atoms with Crippen LogP contribution in [0.5, 0.6) is 5.75 Å². The Morgan fingerprint density at radius 2 is 1.83 bits per heavy atom. The maximum absolute atomic E-state index is 9.35. The van der Waals surface area contributed by atoms with Crippen molar-refractivity contribution in [2.45, 2.75) is 26.7 Å². The molecule has 0 atom stereocenters. The fraction of sp³-hybridized carbons (Fsp3) is 0.400. The van der Waals surface area contributed by atoms with E-state index in [4.69, 9.17) is 0 Å². The third-order valence-corrected chi connectivity index (χ3v) is 1.97. The summed E-state index contributed by atoms with van der Waals surface area (Å²) in [6, 6.07) is 5.67. The van der Waals surface area contributed by atoms with Crippen LogP contribution in [0, 0.1) is 6.92 Å². The minimum atomic E-state index is 0. The minimum absolute atomic E-state index is 0. The quantitative estimate of drug-likeness (QED) is 0.647. The Bertz CT molecular complexity index is 256. The zero-order valence-electron chi connectivity index (χ0n) is 8.26. The molecule has 0 spiro atoms. The number of benzene rings is 1. The van der Waals surface area contributed by atoms with Crippen LogP contribution < -0.4 is 0 Å². The monoisotopic (exact) mass is 173 g/mol. The van der Waals surface area contributed by atoms with Crippen molar-refractivity contribution in [3.63, 3.8) is 0 Å². The van der Waals surface area contributed by atoms with Crippen LogP contribution in [-0.2, 0) is 0 Å². The first-order valence-corrected chi connectivity index (χ1v) is 3.91. The van der Waals surface area contributed by atoms with Gasteiger partial charge >= 0.3 is 0 Å². The van der Waals surface area contributed by atoms with Crippen molar-refractivity contribution >= 4 is 29.6 Å². The predicted octanol–water partition coefficient (Wildman–Crippen LogP) is 2.44. The number of hydrogen-bond donors (Lipinski definition) is 1. The van der Waals surface area contributed by atoms with Gasteiger partial charge in [-0.3, -0.25) is 0 Å². The molecule has 0 saturated heterocycles. The molecular weight excluding hydrogens is 159 g/mol. The second-order valence-corrected chi connectivity index (χ2v) is 3.15. The van der Waals surface area contributed by atoms with Crippen molar-refractivity contribution in [3.8, 4) is 5.75 Å².